The lowest BCUT2D eigenvalue weighted by atomic mass is 9.99. The molecule has 0 heterocycles. The summed E-state index contributed by atoms with van der Waals surface area (Å²) in [6.07, 6.45) is 2.92. The van der Waals surface area contributed by atoms with E-state index in [9.17, 15) is 9.90 Å². The highest BCUT2D eigenvalue weighted by Crippen LogP contribution is 2.13. The number of carbonyl (C=O) groups is 1. The number of aliphatic carboxylic acids is 1. The smallest absolute Gasteiger partial charge is 0.308 e. The summed E-state index contributed by atoms with van der Waals surface area (Å²) < 4.78 is 0. The predicted molar refractivity (Wildman–Crippen MR) is 57.6 cm³/mol. The summed E-state index contributed by atoms with van der Waals surface area (Å²) in [6, 6.07) is 0. The lowest BCUT2D eigenvalue weighted by molar-refractivity contribution is -0.144. The molecule has 3 unspecified atom stereocenters. The van der Waals surface area contributed by atoms with E-state index >= 15 is 0 Å². The number of rotatable bonds is 8. The molecular formula is C11H22O4. The number of carboxylic acid groups (broad SMARTS) is 1. The number of hydrogen-bond donors (Lipinski definition) is 3. The molecule has 0 aromatic heterocycles. The van der Waals surface area contributed by atoms with Gasteiger partial charge in [-0.1, -0.05) is 19.3 Å². The molecular weight excluding hydrogens is 196 g/mol. The van der Waals surface area contributed by atoms with Crippen LogP contribution in [0.2, 0.25) is 0 Å². The highest BCUT2D eigenvalue weighted by atomic mass is 16.4. The van der Waals surface area contributed by atoms with Crippen LogP contribution < -0.4 is 0 Å². The van der Waals surface area contributed by atoms with Gasteiger partial charge in [0.1, 0.15) is 0 Å². The summed E-state index contributed by atoms with van der Waals surface area (Å²) in [5.41, 5.74) is 0. The van der Waals surface area contributed by atoms with Crippen LogP contribution in [0, 0.1) is 5.92 Å². The monoisotopic (exact) mass is 218 g/mol. The molecule has 15 heavy (non-hydrogen) atoms. The second-order valence-corrected chi connectivity index (χ2v) is 4.18. The van der Waals surface area contributed by atoms with Crippen molar-refractivity contribution < 1.29 is 20.1 Å². The molecule has 90 valence electrons. The molecule has 0 aromatic carbocycles. The summed E-state index contributed by atoms with van der Waals surface area (Å²) in [6.45, 7) is 3.27. The average Bonchev–Trinajstić information content (AvgIpc) is 2.15. The van der Waals surface area contributed by atoms with E-state index in [1.165, 1.54) is 6.92 Å². The molecule has 0 aliphatic carbocycles. The van der Waals surface area contributed by atoms with Crippen molar-refractivity contribution in [3.05, 3.63) is 0 Å². The first-order valence-corrected chi connectivity index (χ1v) is 5.54. The molecule has 0 saturated carbocycles. The zero-order valence-electron chi connectivity index (χ0n) is 9.52. The fraction of sp³-hybridized carbons (Fsp3) is 0.909. The summed E-state index contributed by atoms with van der Waals surface area (Å²) >= 11 is 0. The average molecular weight is 218 g/mol. The van der Waals surface area contributed by atoms with Gasteiger partial charge in [-0.2, -0.15) is 0 Å². The Kier molecular flexibility index (Phi) is 7.34. The quantitative estimate of drug-likeness (QED) is 0.538. The van der Waals surface area contributed by atoms with E-state index in [1.54, 1.807) is 6.92 Å². The normalized spacial score (nSPS) is 17.1. The summed E-state index contributed by atoms with van der Waals surface area (Å²) in [7, 11) is 0. The largest absolute Gasteiger partial charge is 0.481 e. The van der Waals surface area contributed by atoms with Crippen LogP contribution in [0.1, 0.15) is 46.0 Å². The van der Waals surface area contributed by atoms with Crippen LogP contribution in [0.4, 0.5) is 0 Å². The number of unbranched alkanes of at least 4 members (excludes halogenated alkanes) is 2. The minimum absolute atomic E-state index is 0.270. The maximum absolute atomic E-state index is 10.5. The van der Waals surface area contributed by atoms with Gasteiger partial charge in [0, 0.05) is 0 Å². The zero-order valence-corrected chi connectivity index (χ0v) is 9.52. The Morgan fingerprint density at radius 2 is 1.60 bits per heavy atom. The van der Waals surface area contributed by atoms with Gasteiger partial charge in [-0.25, -0.2) is 0 Å². The third kappa shape index (κ3) is 7.33. The third-order valence-corrected chi connectivity index (χ3v) is 2.59. The Labute approximate surface area is 90.9 Å². The van der Waals surface area contributed by atoms with E-state index in [-0.39, 0.29) is 6.10 Å². The SMILES string of the molecule is CC(O)CCCCCC(O)C(C)C(=O)O. The number of carboxylic acids is 1. The molecule has 0 fully saturated rings. The number of hydrogen-bond acceptors (Lipinski definition) is 3. The fourth-order valence-electron chi connectivity index (χ4n) is 1.38. The van der Waals surface area contributed by atoms with E-state index < -0.39 is 18.0 Å². The van der Waals surface area contributed by atoms with Crippen molar-refractivity contribution in [2.45, 2.75) is 58.2 Å². The van der Waals surface area contributed by atoms with Crippen molar-refractivity contribution in [3.8, 4) is 0 Å². The Bertz CT molecular complexity index is 179. The van der Waals surface area contributed by atoms with Gasteiger partial charge in [-0.3, -0.25) is 4.79 Å². The number of aliphatic hydroxyl groups is 2. The highest BCUT2D eigenvalue weighted by Gasteiger charge is 2.20. The predicted octanol–water partition coefficient (Wildman–Crippen LogP) is 1.40. The lowest BCUT2D eigenvalue weighted by Gasteiger charge is -2.14. The Morgan fingerprint density at radius 1 is 1.07 bits per heavy atom. The third-order valence-electron chi connectivity index (χ3n) is 2.59. The first-order valence-electron chi connectivity index (χ1n) is 5.54. The summed E-state index contributed by atoms with van der Waals surface area (Å²) in [5, 5.41) is 27.1. The van der Waals surface area contributed by atoms with Gasteiger partial charge < -0.3 is 15.3 Å². The van der Waals surface area contributed by atoms with E-state index in [0.29, 0.717) is 6.42 Å². The van der Waals surface area contributed by atoms with Crippen molar-refractivity contribution in [1.82, 2.24) is 0 Å². The molecule has 3 atom stereocenters. The summed E-state index contributed by atoms with van der Waals surface area (Å²) in [4.78, 5) is 10.5. The molecule has 0 amide bonds. The minimum atomic E-state index is -0.952. The van der Waals surface area contributed by atoms with Crippen molar-refractivity contribution in [3.63, 3.8) is 0 Å². The Morgan fingerprint density at radius 3 is 2.07 bits per heavy atom. The molecule has 0 rings (SSSR count). The van der Waals surface area contributed by atoms with Crippen LogP contribution in [0.3, 0.4) is 0 Å². The van der Waals surface area contributed by atoms with Crippen LogP contribution in [-0.4, -0.2) is 33.5 Å². The van der Waals surface area contributed by atoms with Gasteiger partial charge in [0.25, 0.3) is 0 Å². The van der Waals surface area contributed by atoms with Crippen LogP contribution in [-0.2, 0) is 4.79 Å². The van der Waals surface area contributed by atoms with Crippen LogP contribution in [0.5, 0.6) is 0 Å². The van der Waals surface area contributed by atoms with Crippen LogP contribution in [0.15, 0.2) is 0 Å². The Balaban J connectivity index is 3.47. The van der Waals surface area contributed by atoms with Gasteiger partial charge in [-0.05, 0) is 26.7 Å². The molecule has 0 bridgehead atoms. The molecule has 0 spiro atoms. The second kappa shape index (κ2) is 7.65. The molecule has 0 aliphatic rings. The van der Waals surface area contributed by atoms with Gasteiger partial charge in [0.05, 0.1) is 18.1 Å². The first kappa shape index (κ1) is 14.4. The molecule has 0 radical (unpaired) electrons. The van der Waals surface area contributed by atoms with Crippen molar-refractivity contribution >= 4 is 5.97 Å². The zero-order chi connectivity index (χ0) is 11.8. The van der Waals surface area contributed by atoms with Gasteiger partial charge in [0.15, 0.2) is 0 Å². The van der Waals surface area contributed by atoms with Crippen molar-refractivity contribution in [2.24, 2.45) is 5.92 Å². The minimum Gasteiger partial charge on any atom is -0.481 e. The molecule has 0 aromatic rings. The highest BCUT2D eigenvalue weighted by molar-refractivity contribution is 5.70. The topological polar surface area (TPSA) is 77.8 Å². The van der Waals surface area contributed by atoms with E-state index in [1.807, 2.05) is 0 Å². The molecule has 0 aliphatic heterocycles. The van der Waals surface area contributed by atoms with E-state index in [0.717, 1.165) is 25.7 Å². The number of aliphatic hydroxyl groups excluding tert-OH is 2. The second-order valence-electron chi connectivity index (χ2n) is 4.18. The standard InChI is InChI=1S/C11H22O4/c1-8(12)6-4-3-5-7-10(13)9(2)11(14)15/h8-10,12-13H,3-7H2,1-2H3,(H,14,15). The van der Waals surface area contributed by atoms with Crippen LogP contribution >= 0.6 is 0 Å². The van der Waals surface area contributed by atoms with E-state index in [2.05, 4.69) is 0 Å². The van der Waals surface area contributed by atoms with Gasteiger partial charge in [0.2, 0.25) is 0 Å². The molecule has 4 heteroatoms. The van der Waals surface area contributed by atoms with Crippen molar-refractivity contribution in [1.29, 1.82) is 0 Å². The van der Waals surface area contributed by atoms with Gasteiger partial charge >= 0.3 is 5.97 Å². The lowest BCUT2D eigenvalue weighted by Crippen LogP contribution is -2.25. The summed E-state index contributed by atoms with van der Waals surface area (Å²) in [5.74, 6) is -1.65. The van der Waals surface area contributed by atoms with E-state index in [4.69, 9.17) is 10.2 Å². The first-order chi connectivity index (χ1) is 6.95. The Hall–Kier alpha value is -0.610. The molecule has 0 saturated heterocycles. The maximum Gasteiger partial charge on any atom is 0.308 e. The molecule has 4 nitrogen and oxygen atoms in total. The van der Waals surface area contributed by atoms with Gasteiger partial charge in [-0.15, -0.1) is 0 Å². The van der Waals surface area contributed by atoms with Crippen LogP contribution in [0.25, 0.3) is 0 Å². The fourth-order valence-corrected chi connectivity index (χ4v) is 1.38. The maximum atomic E-state index is 10.5. The van der Waals surface area contributed by atoms with Crippen molar-refractivity contribution in [2.75, 3.05) is 0 Å². The molecule has 3 N–H and O–H groups in total.